The SMILES string of the molecule is Cc1ccc(-n2nnnc2SC(C)C(=O)NC23CC4CC(CC(C4)C2)C3)cc1. The summed E-state index contributed by atoms with van der Waals surface area (Å²) in [6.07, 6.45) is 7.65. The molecule has 4 saturated carbocycles. The van der Waals surface area contributed by atoms with Gasteiger partial charge in [-0.1, -0.05) is 29.5 Å². The Kier molecular flexibility index (Phi) is 4.45. The molecular weight excluding hydrogens is 370 g/mol. The summed E-state index contributed by atoms with van der Waals surface area (Å²) < 4.78 is 1.71. The Morgan fingerprint density at radius 3 is 2.36 bits per heavy atom. The molecular formula is C21H27N5OS. The molecule has 148 valence electrons. The van der Waals surface area contributed by atoms with E-state index >= 15 is 0 Å². The van der Waals surface area contributed by atoms with Gasteiger partial charge in [-0.25, -0.2) is 0 Å². The summed E-state index contributed by atoms with van der Waals surface area (Å²) in [4.78, 5) is 13.0. The lowest BCUT2D eigenvalue weighted by Crippen LogP contribution is -2.60. The minimum atomic E-state index is -0.233. The maximum absolute atomic E-state index is 13.0. The van der Waals surface area contributed by atoms with E-state index in [1.165, 1.54) is 55.9 Å². The Morgan fingerprint density at radius 1 is 1.14 bits per heavy atom. The summed E-state index contributed by atoms with van der Waals surface area (Å²) in [5.74, 6) is 2.58. The quantitative estimate of drug-likeness (QED) is 0.782. The zero-order chi connectivity index (χ0) is 19.3. The van der Waals surface area contributed by atoms with Crippen molar-refractivity contribution in [1.29, 1.82) is 0 Å². The highest BCUT2D eigenvalue weighted by atomic mass is 32.2. The minimum Gasteiger partial charge on any atom is -0.350 e. The van der Waals surface area contributed by atoms with E-state index in [9.17, 15) is 4.79 Å². The smallest absolute Gasteiger partial charge is 0.233 e. The molecule has 7 heteroatoms. The van der Waals surface area contributed by atoms with E-state index in [0.717, 1.165) is 23.4 Å². The molecule has 1 unspecified atom stereocenters. The summed E-state index contributed by atoms with van der Waals surface area (Å²) in [5.41, 5.74) is 2.14. The van der Waals surface area contributed by atoms with Gasteiger partial charge in [-0.05, 0) is 92.7 Å². The highest BCUT2D eigenvalue weighted by Crippen LogP contribution is 2.55. The van der Waals surface area contributed by atoms with E-state index in [1.54, 1.807) is 4.68 Å². The monoisotopic (exact) mass is 397 g/mol. The van der Waals surface area contributed by atoms with Crippen molar-refractivity contribution in [3.8, 4) is 5.69 Å². The summed E-state index contributed by atoms with van der Waals surface area (Å²) >= 11 is 1.43. The second-order valence-electron chi connectivity index (χ2n) is 9.16. The number of nitrogens with one attached hydrogen (secondary N) is 1. The van der Waals surface area contributed by atoms with E-state index in [2.05, 4.69) is 27.8 Å². The molecule has 1 aromatic heterocycles. The number of aryl methyl sites for hydroxylation is 1. The minimum absolute atomic E-state index is 0.0452. The molecule has 0 spiro atoms. The number of hydrogen-bond acceptors (Lipinski definition) is 5. The third-order valence-corrected chi connectivity index (χ3v) is 7.83. The van der Waals surface area contributed by atoms with Gasteiger partial charge in [0.1, 0.15) is 0 Å². The number of rotatable bonds is 5. The molecule has 6 nitrogen and oxygen atoms in total. The van der Waals surface area contributed by atoms with Crippen LogP contribution in [0, 0.1) is 24.7 Å². The van der Waals surface area contributed by atoms with Crippen molar-refractivity contribution >= 4 is 17.7 Å². The lowest BCUT2D eigenvalue weighted by atomic mass is 9.53. The van der Waals surface area contributed by atoms with Gasteiger partial charge in [-0.3, -0.25) is 4.79 Å². The van der Waals surface area contributed by atoms with Crippen LogP contribution in [0.3, 0.4) is 0 Å². The molecule has 0 aliphatic heterocycles. The van der Waals surface area contributed by atoms with Crippen LogP contribution in [0.1, 0.15) is 51.0 Å². The predicted molar refractivity (Wildman–Crippen MR) is 108 cm³/mol. The number of aromatic nitrogens is 4. The number of hydrogen-bond donors (Lipinski definition) is 1. The first-order valence-corrected chi connectivity index (χ1v) is 11.2. The van der Waals surface area contributed by atoms with Crippen LogP contribution in [0.2, 0.25) is 0 Å². The van der Waals surface area contributed by atoms with Crippen LogP contribution < -0.4 is 5.32 Å². The fourth-order valence-electron chi connectivity index (χ4n) is 5.94. The second kappa shape index (κ2) is 6.87. The van der Waals surface area contributed by atoms with Gasteiger partial charge in [-0.2, -0.15) is 4.68 Å². The first-order valence-electron chi connectivity index (χ1n) is 10.3. The molecule has 4 aliphatic carbocycles. The fourth-order valence-corrected chi connectivity index (χ4v) is 6.75. The van der Waals surface area contributed by atoms with E-state index in [0.29, 0.717) is 5.16 Å². The number of thioether (sulfide) groups is 1. The molecule has 4 aliphatic rings. The second-order valence-corrected chi connectivity index (χ2v) is 10.5. The predicted octanol–water partition coefficient (Wildman–Crippen LogP) is 3.54. The molecule has 28 heavy (non-hydrogen) atoms. The number of carbonyl (C=O) groups excluding carboxylic acids is 1. The van der Waals surface area contributed by atoms with Crippen molar-refractivity contribution in [1.82, 2.24) is 25.5 Å². The third-order valence-electron chi connectivity index (χ3n) is 6.80. The van der Waals surface area contributed by atoms with Crippen molar-refractivity contribution < 1.29 is 4.79 Å². The highest BCUT2D eigenvalue weighted by Gasteiger charge is 2.51. The zero-order valence-electron chi connectivity index (χ0n) is 16.5. The lowest BCUT2D eigenvalue weighted by Gasteiger charge is -2.57. The average Bonchev–Trinajstić information content (AvgIpc) is 3.09. The van der Waals surface area contributed by atoms with Crippen LogP contribution in [0.15, 0.2) is 29.4 Å². The van der Waals surface area contributed by atoms with Crippen LogP contribution in [0.5, 0.6) is 0 Å². The Bertz CT molecular complexity index is 842. The normalized spacial score (nSPS) is 31.7. The highest BCUT2D eigenvalue weighted by molar-refractivity contribution is 8.00. The van der Waals surface area contributed by atoms with Gasteiger partial charge in [0.25, 0.3) is 0 Å². The molecule has 2 aromatic rings. The standard InChI is InChI=1S/C21H27N5OS/c1-13-3-5-18(6-4-13)26-20(23-24-25-26)28-14(2)19(27)22-21-10-15-7-16(11-21)9-17(8-15)12-21/h3-6,14-17H,7-12H2,1-2H3,(H,22,27). The third kappa shape index (κ3) is 3.34. The molecule has 1 aromatic carbocycles. The van der Waals surface area contributed by atoms with Gasteiger partial charge in [0, 0.05) is 5.54 Å². The largest absolute Gasteiger partial charge is 0.350 e. The Morgan fingerprint density at radius 2 is 1.75 bits per heavy atom. The molecule has 6 rings (SSSR count). The van der Waals surface area contributed by atoms with Gasteiger partial charge < -0.3 is 5.32 Å². The Hall–Kier alpha value is -1.89. The zero-order valence-corrected chi connectivity index (χ0v) is 17.3. The fraction of sp³-hybridized carbons (Fsp3) is 0.619. The van der Waals surface area contributed by atoms with E-state index in [4.69, 9.17) is 0 Å². The van der Waals surface area contributed by atoms with Gasteiger partial charge in [0.2, 0.25) is 11.1 Å². The molecule has 0 saturated heterocycles. The molecule has 4 bridgehead atoms. The first kappa shape index (κ1) is 18.2. The topological polar surface area (TPSA) is 72.7 Å². The number of carbonyl (C=O) groups is 1. The average molecular weight is 398 g/mol. The van der Waals surface area contributed by atoms with Crippen molar-refractivity contribution in [2.24, 2.45) is 17.8 Å². The van der Waals surface area contributed by atoms with Crippen LogP contribution >= 0.6 is 11.8 Å². The van der Waals surface area contributed by atoms with Crippen molar-refractivity contribution in [2.45, 2.75) is 68.3 Å². The molecule has 4 fully saturated rings. The van der Waals surface area contributed by atoms with Crippen molar-refractivity contribution in [3.05, 3.63) is 29.8 Å². The number of nitrogens with zero attached hydrogens (tertiary/aromatic N) is 4. The van der Waals surface area contributed by atoms with Gasteiger partial charge in [0.15, 0.2) is 0 Å². The van der Waals surface area contributed by atoms with E-state index in [1.807, 2.05) is 31.2 Å². The molecule has 1 N–H and O–H groups in total. The number of amides is 1. The molecule has 1 amide bonds. The van der Waals surface area contributed by atoms with Crippen LogP contribution in [0.25, 0.3) is 5.69 Å². The van der Waals surface area contributed by atoms with Gasteiger partial charge >= 0.3 is 0 Å². The maximum atomic E-state index is 13.0. The number of benzene rings is 1. The van der Waals surface area contributed by atoms with Crippen LogP contribution in [-0.4, -0.2) is 36.9 Å². The number of tetrazole rings is 1. The summed E-state index contributed by atoms with van der Waals surface area (Å²) in [6.45, 7) is 4.00. The molecule has 1 heterocycles. The lowest BCUT2D eigenvalue weighted by molar-refractivity contribution is -0.126. The Balaban J connectivity index is 1.28. The first-order chi connectivity index (χ1) is 13.5. The van der Waals surface area contributed by atoms with Gasteiger partial charge in [-0.15, -0.1) is 5.10 Å². The van der Waals surface area contributed by atoms with Gasteiger partial charge in [0.05, 0.1) is 10.9 Å². The Labute approximate surface area is 169 Å². The van der Waals surface area contributed by atoms with Crippen LogP contribution in [-0.2, 0) is 4.79 Å². The summed E-state index contributed by atoms with van der Waals surface area (Å²) in [5, 5.41) is 16.0. The van der Waals surface area contributed by atoms with E-state index in [-0.39, 0.29) is 16.7 Å². The van der Waals surface area contributed by atoms with E-state index < -0.39 is 0 Å². The van der Waals surface area contributed by atoms with Crippen LogP contribution in [0.4, 0.5) is 0 Å². The van der Waals surface area contributed by atoms with Crippen molar-refractivity contribution in [3.63, 3.8) is 0 Å². The summed E-state index contributed by atoms with van der Waals surface area (Å²) in [6, 6.07) is 8.06. The summed E-state index contributed by atoms with van der Waals surface area (Å²) in [7, 11) is 0. The molecule has 0 radical (unpaired) electrons. The maximum Gasteiger partial charge on any atom is 0.233 e. The van der Waals surface area contributed by atoms with Crippen molar-refractivity contribution in [2.75, 3.05) is 0 Å². The molecule has 1 atom stereocenters.